The molecule has 2 N–H and O–H groups in total. The molecule has 7 heteroatoms. The van der Waals surface area contributed by atoms with Crippen molar-refractivity contribution >= 4 is 21.6 Å². The molecule has 0 fully saturated rings. The second kappa shape index (κ2) is 9.00. The van der Waals surface area contributed by atoms with Crippen molar-refractivity contribution in [2.45, 2.75) is 25.3 Å². The van der Waals surface area contributed by atoms with Crippen LogP contribution in [0.1, 0.15) is 27.0 Å². The number of hydrogen-bond acceptors (Lipinski definition) is 4. The van der Waals surface area contributed by atoms with Crippen molar-refractivity contribution in [1.29, 1.82) is 0 Å². The van der Waals surface area contributed by atoms with E-state index in [2.05, 4.69) is 10.0 Å². The summed E-state index contributed by atoms with van der Waals surface area (Å²) in [6.07, 6.45) is 0. The number of benzene rings is 3. The zero-order valence-electron chi connectivity index (χ0n) is 17.1. The summed E-state index contributed by atoms with van der Waals surface area (Å²) in [4.78, 5) is 12.8. The van der Waals surface area contributed by atoms with E-state index in [1.165, 1.54) is 6.07 Å². The molecule has 0 atom stereocenters. The SMILES string of the molecule is COc1ccc(S(=O)(=O)Nc2ccccc2C(=O)NCc2ccccc2)c(C)c1C. The Kier molecular flexibility index (Phi) is 6.42. The summed E-state index contributed by atoms with van der Waals surface area (Å²) in [5.74, 6) is 0.256. The number of ether oxygens (including phenoxy) is 1. The highest BCUT2D eigenvalue weighted by atomic mass is 32.2. The van der Waals surface area contributed by atoms with Gasteiger partial charge >= 0.3 is 0 Å². The van der Waals surface area contributed by atoms with E-state index in [9.17, 15) is 13.2 Å². The average Bonchev–Trinajstić information content (AvgIpc) is 2.74. The average molecular weight is 425 g/mol. The van der Waals surface area contributed by atoms with Gasteiger partial charge in [-0.1, -0.05) is 42.5 Å². The molecular formula is C23H24N2O4S. The fourth-order valence-electron chi connectivity index (χ4n) is 3.13. The molecule has 0 aliphatic carbocycles. The predicted octanol–water partition coefficient (Wildman–Crippen LogP) is 4.04. The van der Waals surface area contributed by atoms with Gasteiger partial charge in [-0.25, -0.2) is 8.42 Å². The van der Waals surface area contributed by atoms with Gasteiger partial charge in [0.25, 0.3) is 15.9 Å². The molecule has 0 aromatic heterocycles. The highest BCUT2D eigenvalue weighted by Gasteiger charge is 2.22. The van der Waals surface area contributed by atoms with Gasteiger partial charge in [0.15, 0.2) is 0 Å². The lowest BCUT2D eigenvalue weighted by atomic mass is 10.1. The largest absolute Gasteiger partial charge is 0.496 e. The Balaban J connectivity index is 1.85. The van der Waals surface area contributed by atoms with Crippen LogP contribution in [0.25, 0.3) is 0 Å². The van der Waals surface area contributed by atoms with Crippen LogP contribution < -0.4 is 14.8 Å². The summed E-state index contributed by atoms with van der Waals surface area (Å²) in [7, 11) is -2.36. The van der Waals surface area contributed by atoms with E-state index in [4.69, 9.17) is 4.74 Å². The number of nitrogens with one attached hydrogen (secondary N) is 2. The summed E-state index contributed by atoms with van der Waals surface area (Å²) in [5, 5.41) is 2.83. The Bertz CT molecular complexity index is 1160. The van der Waals surface area contributed by atoms with Gasteiger partial charge in [-0.3, -0.25) is 9.52 Å². The zero-order valence-corrected chi connectivity index (χ0v) is 17.9. The smallest absolute Gasteiger partial charge is 0.262 e. The molecule has 0 spiro atoms. The van der Waals surface area contributed by atoms with Gasteiger partial charge in [-0.05, 0) is 54.8 Å². The van der Waals surface area contributed by atoms with E-state index in [-0.39, 0.29) is 22.1 Å². The second-order valence-corrected chi connectivity index (χ2v) is 8.49. The molecule has 0 radical (unpaired) electrons. The molecule has 156 valence electrons. The van der Waals surface area contributed by atoms with Crippen molar-refractivity contribution in [3.05, 3.63) is 89.0 Å². The van der Waals surface area contributed by atoms with Gasteiger partial charge in [-0.15, -0.1) is 0 Å². The Hall–Kier alpha value is -3.32. The number of carbonyl (C=O) groups is 1. The highest BCUT2D eigenvalue weighted by molar-refractivity contribution is 7.92. The third-order valence-electron chi connectivity index (χ3n) is 4.91. The lowest BCUT2D eigenvalue weighted by molar-refractivity contribution is 0.0952. The minimum Gasteiger partial charge on any atom is -0.496 e. The fraction of sp³-hybridized carbons (Fsp3) is 0.174. The van der Waals surface area contributed by atoms with E-state index in [0.29, 0.717) is 17.9 Å². The van der Waals surface area contributed by atoms with E-state index >= 15 is 0 Å². The third kappa shape index (κ3) is 4.63. The fourth-order valence-corrected chi connectivity index (χ4v) is 4.51. The van der Waals surface area contributed by atoms with Crippen LogP contribution in [-0.2, 0) is 16.6 Å². The van der Waals surface area contributed by atoms with E-state index in [0.717, 1.165) is 11.1 Å². The van der Waals surface area contributed by atoms with Crippen LogP contribution in [0.15, 0.2) is 71.6 Å². The lowest BCUT2D eigenvalue weighted by Crippen LogP contribution is -2.25. The predicted molar refractivity (Wildman–Crippen MR) is 117 cm³/mol. The van der Waals surface area contributed by atoms with E-state index in [1.807, 2.05) is 30.3 Å². The third-order valence-corrected chi connectivity index (χ3v) is 6.42. The lowest BCUT2D eigenvalue weighted by Gasteiger charge is -2.16. The number of amides is 1. The Morgan fingerprint density at radius 2 is 1.57 bits per heavy atom. The van der Waals surface area contributed by atoms with Crippen molar-refractivity contribution in [3.8, 4) is 5.75 Å². The maximum Gasteiger partial charge on any atom is 0.262 e. The molecule has 6 nitrogen and oxygen atoms in total. The quantitative estimate of drug-likeness (QED) is 0.599. The van der Waals surface area contributed by atoms with Crippen molar-refractivity contribution in [1.82, 2.24) is 5.32 Å². The standard InChI is InChI=1S/C23H24N2O4S/c1-16-17(2)22(14-13-21(16)29-3)30(27,28)25-20-12-8-7-11-19(20)23(26)24-15-18-9-5-4-6-10-18/h4-14,25H,15H2,1-3H3,(H,24,26). The molecule has 0 unspecified atom stereocenters. The first-order valence-corrected chi connectivity index (χ1v) is 10.9. The first-order chi connectivity index (χ1) is 14.3. The molecule has 1 amide bonds. The number of hydrogen-bond donors (Lipinski definition) is 2. The minimum atomic E-state index is -3.90. The molecule has 3 rings (SSSR count). The van der Waals surface area contributed by atoms with Gasteiger partial charge in [0.2, 0.25) is 0 Å². The maximum absolute atomic E-state index is 13.0. The zero-order chi connectivity index (χ0) is 21.7. The topological polar surface area (TPSA) is 84.5 Å². The van der Waals surface area contributed by atoms with Crippen LogP contribution in [0.5, 0.6) is 5.75 Å². The Labute approximate surface area is 177 Å². The minimum absolute atomic E-state index is 0.139. The van der Waals surface area contributed by atoms with E-state index in [1.54, 1.807) is 51.3 Å². The number of rotatable bonds is 7. The summed E-state index contributed by atoms with van der Waals surface area (Å²) in [6.45, 7) is 3.88. The van der Waals surface area contributed by atoms with Gasteiger partial charge in [0.05, 0.1) is 23.3 Å². The van der Waals surface area contributed by atoms with Crippen molar-refractivity contribution in [3.63, 3.8) is 0 Å². The van der Waals surface area contributed by atoms with Gasteiger partial charge in [0.1, 0.15) is 5.75 Å². The summed E-state index contributed by atoms with van der Waals surface area (Å²) < 4.78 is 33.9. The highest BCUT2D eigenvalue weighted by Crippen LogP contribution is 2.28. The molecule has 0 heterocycles. The first kappa shape index (κ1) is 21.4. The number of methoxy groups -OCH3 is 1. The molecule has 0 saturated carbocycles. The second-order valence-electron chi connectivity index (χ2n) is 6.84. The van der Waals surface area contributed by atoms with Crippen LogP contribution in [0.2, 0.25) is 0 Å². The maximum atomic E-state index is 13.0. The Morgan fingerprint density at radius 1 is 0.900 bits per heavy atom. The van der Waals surface area contributed by atoms with Gasteiger partial charge < -0.3 is 10.1 Å². The normalized spacial score (nSPS) is 11.0. The van der Waals surface area contributed by atoms with Crippen molar-refractivity contribution < 1.29 is 17.9 Å². The number of sulfonamides is 1. The van der Waals surface area contributed by atoms with Crippen LogP contribution in [0.4, 0.5) is 5.69 Å². The van der Waals surface area contributed by atoms with E-state index < -0.39 is 10.0 Å². The number of carbonyl (C=O) groups excluding carboxylic acids is 1. The summed E-state index contributed by atoms with van der Waals surface area (Å²) in [5.41, 5.74) is 2.76. The van der Waals surface area contributed by atoms with Gasteiger partial charge in [0, 0.05) is 6.54 Å². The van der Waals surface area contributed by atoms with Crippen LogP contribution >= 0.6 is 0 Å². The summed E-state index contributed by atoms with van der Waals surface area (Å²) in [6, 6.07) is 19.1. The molecular weight excluding hydrogens is 400 g/mol. The van der Waals surface area contributed by atoms with Crippen LogP contribution in [-0.4, -0.2) is 21.4 Å². The molecule has 3 aromatic rings. The first-order valence-electron chi connectivity index (χ1n) is 9.41. The molecule has 30 heavy (non-hydrogen) atoms. The molecule has 0 aliphatic rings. The molecule has 0 bridgehead atoms. The number of para-hydroxylation sites is 1. The monoisotopic (exact) mass is 424 g/mol. The van der Waals surface area contributed by atoms with Crippen LogP contribution in [0, 0.1) is 13.8 Å². The Morgan fingerprint density at radius 3 is 2.27 bits per heavy atom. The van der Waals surface area contributed by atoms with Gasteiger partial charge in [-0.2, -0.15) is 0 Å². The molecule has 0 aliphatic heterocycles. The summed E-state index contributed by atoms with van der Waals surface area (Å²) >= 11 is 0. The van der Waals surface area contributed by atoms with Crippen molar-refractivity contribution in [2.75, 3.05) is 11.8 Å². The van der Waals surface area contributed by atoms with Crippen molar-refractivity contribution in [2.24, 2.45) is 0 Å². The molecule has 3 aromatic carbocycles. The van der Waals surface area contributed by atoms with Crippen LogP contribution in [0.3, 0.4) is 0 Å². The molecule has 0 saturated heterocycles. The number of anilines is 1.